The van der Waals surface area contributed by atoms with Crippen LogP contribution in [0.3, 0.4) is 0 Å². The second kappa shape index (κ2) is 6.99. The number of ether oxygens (including phenoxy) is 2. The van der Waals surface area contributed by atoms with Crippen molar-refractivity contribution in [2.24, 2.45) is 0 Å². The van der Waals surface area contributed by atoms with Crippen LogP contribution in [0, 0.1) is 0 Å². The number of hydrogen-bond acceptors (Lipinski definition) is 5. The zero-order valence-corrected chi connectivity index (χ0v) is 10.6. The zero-order chi connectivity index (χ0) is 15.2. The molecule has 4 N–H and O–H groups in total. The number of halogens is 3. The standard InChI is InChI=1S/C12H15F3N2O3/c13-12(14,15)7-19-4-1-5-20-11(18)9-3-2-8(16)6-10(9)17/h2-3,6H,1,4-5,7,16-17H2. The number of carbonyl (C=O) groups is 1. The van der Waals surface area contributed by atoms with Crippen molar-refractivity contribution in [2.45, 2.75) is 12.6 Å². The summed E-state index contributed by atoms with van der Waals surface area (Å²) in [5.74, 6) is -0.654. The molecule has 1 rings (SSSR count). The van der Waals surface area contributed by atoms with Crippen LogP contribution in [0.1, 0.15) is 16.8 Å². The van der Waals surface area contributed by atoms with Gasteiger partial charge < -0.3 is 20.9 Å². The number of rotatable bonds is 6. The first kappa shape index (κ1) is 16.1. The van der Waals surface area contributed by atoms with Gasteiger partial charge in [0.1, 0.15) is 6.61 Å². The van der Waals surface area contributed by atoms with Crippen molar-refractivity contribution in [2.75, 3.05) is 31.3 Å². The van der Waals surface area contributed by atoms with Gasteiger partial charge in [0.05, 0.1) is 18.8 Å². The maximum atomic E-state index is 11.8. The Balaban J connectivity index is 2.27. The SMILES string of the molecule is Nc1ccc(C(=O)OCCCOCC(F)(F)F)c(N)c1. The van der Waals surface area contributed by atoms with E-state index in [1.807, 2.05) is 0 Å². The van der Waals surface area contributed by atoms with E-state index in [0.29, 0.717) is 5.69 Å². The van der Waals surface area contributed by atoms with Crippen LogP contribution in [0.2, 0.25) is 0 Å². The van der Waals surface area contributed by atoms with Gasteiger partial charge in [0.15, 0.2) is 0 Å². The van der Waals surface area contributed by atoms with Gasteiger partial charge in [-0.25, -0.2) is 4.79 Å². The van der Waals surface area contributed by atoms with Crippen molar-refractivity contribution in [3.63, 3.8) is 0 Å². The Kier molecular flexibility index (Phi) is 5.63. The van der Waals surface area contributed by atoms with E-state index >= 15 is 0 Å². The molecule has 0 aliphatic heterocycles. The Labute approximate surface area is 113 Å². The smallest absolute Gasteiger partial charge is 0.411 e. The molecule has 0 spiro atoms. The highest BCUT2D eigenvalue weighted by molar-refractivity contribution is 5.95. The molecule has 0 saturated heterocycles. The van der Waals surface area contributed by atoms with E-state index in [1.54, 1.807) is 0 Å². The van der Waals surface area contributed by atoms with E-state index in [0.717, 1.165) is 0 Å². The van der Waals surface area contributed by atoms with Crippen LogP contribution in [0.15, 0.2) is 18.2 Å². The molecule has 0 amide bonds. The summed E-state index contributed by atoms with van der Waals surface area (Å²) in [4.78, 5) is 11.6. The van der Waals surface area contributed by atoms with Crippen molar-refractivity contribution in [3.05, 3.63) is 23.8 Å². The van der Waals surface area contributed by atoms with Crippen LogP contribution in [-0.2, 0) is 9.47 Å². The molecule has 0 aliphatic rings. The van der Waals surface area contributed by atoms with Crippen molar-refractivity contribution in [3.8, 4) is 0 Å². The monoisotopic (exact) mass is 292 g/mol. The molecule has 20 heavy (non-hydrogen) atoms. The highest BCUT2D eigenvalue weighted by atomic mass is 19.4. The second-order valence-corrected chi connectivity index (χ2v) is 4.00. The van der Waals surface area contributed by atoms with Crippen LogP contribution < -0.4 is 11.5 Å². The molecule has 1 aromatic carbocycles. The van der Waals surface area contributed by atoms with Crippen LogP contribution in [0.5, 0.6) is 0 Å². The summed E-state index contributed by atoms with van der Waals surface area (Å²) in [6.07, 6.45) is -4.19. The van der Waals surface area contributed by atoms with Gasteiger partial charge in [0, 0.05) is 17.8 Å². The van der Waals surface area contributed by atoms with E-state index in [1.165, 1.54) is 18.2 Å². The Bertz CT molecular complexity index is 464. The molecule has 0 aliphatic carbocycles. The number of benzene rings is 1. The molecule has 0 bridgehead atoms. The maximum absolute atomic E-state index is 11.8. The van der Waals surface area contributed by atoms with E-state index in [4.69, 9.17) is 16.2 Å². The first-order chi connectivity index (χ1) is 9.29. The average molecular weight is 292 g/mol. The molecule has 0 aromatic heterocycles. The molecular weight excluding hydrogens is 277 g/mol. The summed E-state index contributed by atoms with van der Waals surface area (Å²) in [5, 5.41) is 0. The van der Waals surface area contributed by atoms with Gasteiger partial charge in [0.25, 0.3) is 0 Å². The molecule has 0 heterocycles. The maximum Gasteiger partial charge on any atom is 0.411 e. The summed E-state index contributed by atoms with van der Waals surface area (Å²) >= 11 is 0. The lowest BCUT2D eigenvalue weighted by Gasteiger charge is -2.09. The zero-order valence-electron chi connectivity index (χ0n) is 10.6. The lowest BCUT2D eigenvalue weighted by atomic mass is 10.1. The van der Waals surface area contributed by atoms with Gasteiger partial charge in [-0.1, -0.05) is 0 Å². The third-order valence-corrected chi connectivity index (χ3v) is 2.23. The quantitative estimate of drug-likeness (QED) is 0.475. The van der Waals surface area contributed by atoms with Gasteiger partial charge in [-0.05, 0) is 18.2 Å². The molecule has 5 nitrogen and oxygen atoms in total. The Morgan fingerprint density at radius 3 is 2.50 bits per heavy atom. The molecule has 8 heteroatoms. The summed E-state index contributed by atoms with van der Waals surface area (Å²) in [5.41, 5.74) is 11.8. The van der Waals surface area contributed by atoms with Gasteiger partial charge >= 0.3 is 12.1 Å². The third-order valence-electron chi connectivity index (χ3n) is 2.23. The van der Waals surface area contributed by atoms with Crippen LogP contribution in [0.25, 0.3) is 0 Å². The number of nitrogens with two attached hydrogens (primary N) is 2. The normalized spacial score (nSPS) is 11.3. The highest BCUT2D eigenvalue weighted by Gasteiger charge is 2.27. The molecule has 112 valence electrons. The summed E-state index contributed by atoms with van der Waals surface area (Å²) in [6, 6.07) is 4.34. The number of nitrogen functional groups attached to an aromatic ring is 2. The van der Waals surface area contributed by atoms with Gasteiger partial charge in [-0.2, -0.15) is 13.2 Å². The molecule has 0 atom stereocenters. The molecule has 0 unspecified atom stereocenters. The van der Waals surface area contributed by atoms with Crippen molar-refractivity contribution < 1.29 is 27.4 Å². The summed E-state index contributed by atoms with van der Waals surface area (Å²) < 4.78 is 44.5. The van der Waals surface area contributed by atoms with E-state index in [2.05, 4.69) is 4.74 Å². The Hall–Kier alpha value is -1.96. The average Bonchev–Trinajstić information content (AvgIpc) is 2.32. The molecule has 0 fully saturated rings. The van der Waals surface area contributed by atoms with Crippen molar-refractivity contribution in [1.29, 1.82) is 0 Å². The number of esters is 1. The van der Waals surface area contributed by atoms with E-state index in [9.17, 15) is 18.0 Å². The minimum Gasteiger partial charge on any atom is -0.462 e. The Morgan fingerprint density at radius 2 is 1.90 bits per heavy atom. The van der Waals surface area contributed by atoms with Gasteiger partial charge in [-0.15, -0.1) is 0 Å². The van der Waals surface area contributed by atoms with Gasteiger partial charge in [0.2, 0.25) is 0 Å². The number of carbonyl (C=O) groups excluding carboxylic acids is 1. The van der Waals surface area contributed by atoms with Crippen LogP contribution in [0.4, 0.5) is 24.5 Å². The van der Waals surface area contributed by atoms with Crippen molar-refractivity contribution >= 4 is 17.3 Å². The molecular formula is C12H15F3N2O3. The first-order valence-electron chi connectivity index (χ1n) is 5.76. The largest absolute Gasteiger partial charge is 0.462 e. The van der Waals surface area contributed by atoms with Crippen LogP contribution >= 0.6 is 0 Å². The highest BCUT2D eigenvalue weighted by Crippen LogP contribution is 2.17. The fourth-order valence-electron chi connectivity index (χ4n) is 1.36. The fraction of sp³-hybridized carbons (Fsp3) is 0.417. The number of hydrogen-bond donors (Lipinski definition) is 2. The third kappa shape index (κ3) is 5.79. The minimum absolute atomic E-state index is 0.0551. The van der Waals surface area contributed by atoms with Gasteiger partial charge in [-0.3, -0.25) is 0 Å². The fourth-order valence-corrected chi connectivity index (χ4v) is 1.36. The molecule has 0 radical (unpaired) electrons. The second-order valence-electron chi connectivity index (χ2n) is 4.00. The topological polar surface area (TPSA) is 87.6 Å². The van der Waals surface area contributed by atoms with Crippen molar-refractivity contribution in [1.82, 2.24) is 0 Å². The summed E-state index contributed by atoms with van der Waals surface area (Å²) in [6.45, 7) is -1.52. The predicted molar refractivity (Wildman–Crippen MR) is 67.0 cm³/mol. The summed E-state index contributed by atoms with van der Waals surface area (Å²) in [7, 11) is 0. The Morgan fingerprint density at radius 1 is 1.20 bits per heavy atom. The van der Waals surface area contributed by atoms with E-state index < -0.39 is 18.8 Å². The predicted octanol–water partition coefficient (Wildman–Crippen LogP) is 1.98. The van der Waals surface area contributed by atoms with E-state index in [-0.39, 0.29) is 30.9 Å². The minimum atomic E-state index is -4.35. The lowest BCUT2D eigenvalue weighted by molar-refractivity contribution is -0.174. The molecule has 1 aromatic rings. The lowest BCUT2D eigenvalue weighted by Crippen LogP contribution is -2.18. The molecule has 0 saturated carbocycles. The van der Waals surface area contributed by atoms with Crippen LogP contribution in [-0.4, -0.2) is 32.0 Å². The number of anilines is 2. The number of alkyl halides is 3. The first-order valence-corrected chi connectivity index (χ1v) is 5.76.